The number of carbonyl (C=O) groups excluding carboxylic acids is 2. The molecule has 0 saturated carbocycles. The zero-order valence-electron chi connectivity index (χ0n) is 15.0. The van der Waals surface area contributed by atoms with E-state index in [9.17, 15) is 22.4 Å². The van der Waals surface area contributed by atoms with E-state index in [2.05, 4.69) is 5.32 Å². The number of hydrogen-bond acceptors (Lipinski definition) is 5. The number of carbonyl (C=O) groups is 2. The molecule has 2 rings (SSSR count). The molecule has 3 N–H and O–H groups in total. The largest absolute Gasteiger partial charge is 0.368 e. The number of halogens is 1. The molecule has 1 aliphatic rings. The fourth-order valence-corrected chi connectivity index (χ4v) is 6.30. The Balaban J connectivity index is 2.75. The summed E-state index contributed by atoms with van der Waals surface area (Å²) in [5.41, 5.74) is 5.68. The number of sulfone groups is 1. The highest BCUT2D eigenvalue weighted by Gasteiger charge is 2.60. The van der Waals surface area contributed by atoms with Crippen molar-refractivity contribution in [1.29, 1.82) is 0 Å². The van der Waals surface area contributed by atoms with Crippen molar-refractivity contribution >= 4 is 21.5 Å². The van der Waals surface area contributed by atoms with E-state index in [1.807, 2.05) is 0 Å². The van der Waals surface area contributed by atoms with Crippen molar-refractivity contribution in [3.05, 3.63) is 30.1 Å². The molecule has 1 aromatic carbocycles. The van der Waals surface area contributed by atoms with Gasteiger partial charge in [0, 0.05) is 5.92 Å². The van der Waals surface area contributed by atoms with Gasteiger partial charge >= 0.3 is 0 Å². The number of amides is 1. The molecule has 1 fully saturated rings. The Bertz CT molecular complexity index is 779. The highest BCUT2D eigenvalue weighted by molar-refractivity contribution is 7.93. The molecule has 0 bridgehead atoms. The predicted molar refractivity (Wildman–Crippen MR) is 95.6 cm³/mol. The molecule has 1 heterocycles. The number of primary amides is 1. The molecule has 0 radical (unpaired) electrons. The van der Waals surface area contributed by atoms with Crippen LogP contribution in [0.15, 0.2) is 29.2 Å². The molecule has 3 atom stereocenters. The van der Waals surface area contributed by atoms with Crippen molar-refractivity contribution in [3.8, 4) is 0 Å². The predicted octanol–water partition coefficient (Wildman–Crippen LogP) is 1.44. The second-order valence-electron chi connectivity index (χ2n) is 6.76. The molecule has 0 aliphatic carbocycles. The van der Waals surface area contributed by atoms with Crippen molar-refractivity contribution in [2.75, 3.05) is 13.1 Å². The van der Waals surface area contributed by atoms with E-state index in [1.54, 1.807) is 13.8 Å². The summed E-state index contributed by atoms with van der Waals surface area (Å²) in [6, 6.07) is 4.27. The van der Waals surface area contributed by atoms with Gasteiger partial charge in [0.15, 0.2) is 20.4 Å². The fraction of sp³-hybridized carbons (Fsp3) is 0.556. The third kappa shape index (κ3) is 3.27. The Kier molecular flexibility index (Phi) is 6.18. The lowest BCUT2D eigenvalue weighted by Crippen LogP contribution is -2.62. The Labute approximate surface area is 153 Å². The molecule has 1 saturated heterocycles. The van der Waals surface area contributed by atoms with Gasteiger partial charge in [-0.3, -0.25) is 9.59 Å². The lowest BCUT2D eigenvalue weighted by molar-refractivity contribution is -0.131. The number of benzene rings is 1. The average Bonchev–Trinajstić information content (AvgIpc) is 2.80. The zero-order valence-corrected chi connectivity index (χ0v) is 15.8. The van der Waals surface area contributed by atoms with Gasteiger partial charge in [0.2, 0.25) is 5.91 Å². The van der Waals surface area contributed by atoms with Gasteiger partial charge < -0.3 is 11.1 Å². The third-order valence-corrected chi connectivity index (χ3v) is 8.02. The first-order valence-electron chi connectivity index (χ1n) is 8.73. The zero-order chi connectivity index (χ0) is 19.5. The summed E-state index contributed by atoms with van der Waals surface area (Å²) >= 11 is 0. The number of nitrogens with two attached hydrogens (primary N) is 1. The van der Waals surface area contributed by atoms with Gasteiger partial charge in [0.25, 0.3) is 0 Å². The quantitative estimate of drug-likeness (QED) is 0.722. The summed E-state index contributed by atoms with van der Waals surface area (Å²) in [6.45, 7) is 3.93. The van der Waals surface area contributed by atoms with Crippen LogP contribution in [0.5, 0.6) is 0 Å². The maximum atomic E-state index is 13.6. The molecule has 0 spiro atoms. The maximum absolute atomic E-state index is 13.6. The first-order valence-corrected chi connectivity index (χ1v) is 10.2. The molecular formula is C18H25FN2O4S. The van der Waals surface area contributed by atoms with Crippen LogP contribution in [-0.4, -0.2) is 37.9 Å². The summed E-state index contributed by atoms with van der Waals surface area (Å²) < 4.78 is 38.3. The Morgan fingerprint density at radius 3 is 2.54 bits per heavy atom. The maximum Gasteiger partial charge on any atom is 0.240 e. The van der Waals surface area contributed by atoms with Crippen LogP contribution in [0.4, 0.5) is 4.39 Å². The molecular weight excluding hydrogens is 359 g/mol. The van der Waals surface area contributed by atoms with Crippen LogP contribution in [-0.2, 0) is 19.4 Å². The van der Waals surface area contributed by atoms with E-state index in [-0.39, 0.29) is 23.6 Å². The lowest BCUT2D eigenvalue weighted by atomic mass is 9.75. The molecule has 3 unspecified atom stereocenters. The number of rotatable bonds is 6. The van der Waals surface area contributed by atoms with Crippen molar-refractivity contribution in [3.63, 3.8) is 0 Å². The first kappa shape index (κ1) is 20.5. The topological polar surface area (TPSA) is 106 Å². The van der Waals surface area contributed by atoms with Crippen LogP contribution in [0.1, 0.15) is 33.1 Å². The standard InChI is InChI=1S/C18H25FN2O4S/c1-3-12(2)18(17(20)23,15-5-4-10-21-11-16(15)22)26(24,25)14-8-6-13(19)7-9-14/h6-9,12,15,21H,3-5,10-11H2,1-2H3,(H2,20,23). The van der Waals surface area contributed by atoms with Gasteiger partial charge in [-0.15, -0.1) is 0 Å². The van der Waals surface area contributed by atoms with Gasteiger partial charge in [-0.2, -0.15) is 0 Å². The Hall–Kier alpha value is -1.80. The minimum absolute atomic E-state index is 0.00489. The molecule has 1 aromatic rings. The lowest BCUT2D eigenvalue weighted by Gasteiger charge is -2.40. The summed E-state index contributed by atoms with van der Waals surface area (Å²) in [7, 11) is -4.33. The van der Waals surface area contributed by atoms with E-state index in [1.165, 1.54) is 0 Å². The monoisotopic (exact) mass is 384 g/mol. The van der Waals surface area contributed by atoms with Crippen LogP contribution in [0.3, 0.4) is 0 Å². The molecule has 6 nitrogen and oxygen atoms in total. The van der Waals surface area contributed by atoms with E-state index >= 15 is 0 Å². The number of hydrogen-bond donors (Lipinski definition) is 2. The minimum atomic E-state index is -4.33. The van der Waals surface area contributed by atoms with Crippen LogP contribution < -0.4 is 11.1 Å². The highest BCUT2D eigenvalue weighted by atomic mass is 32.2. The second kappa shape index (κ2) is 7.84. The number of Topliss-reactive ketones (excluding diaryl/α,β-unsaturated/α-hetero) is 1. The van der Waals surface area contributed by atoms with Gasteiger partial charge in [0.05, 0.1) is 11.4 Å². The van der Waals surface area contributed by atoms with Gasteiger partial charge in [0.1, 0.15) is 5.82 Å². The smallest absolute Gasteiger partial charge is 0.240 e. The highest BCUT2D eigenvalue weighted by Crippen LogP contribution is 2.43. The average molecular weight is 384 g/mol. The van der Waals surface area contributed by atoms with E-state index in [0.29, 0.717) is 19.4 Å². The molecule has 144 valence electrons. The Morgan fingerprint density at radius 1 is 1.38 bits per heavy atom. The third-order valence-electron chi connectivity index (χ3n) is 5.35. The SMILES string of the molecule is CCC(C)C(C(N)=O)(C1CCCNCC1=O)S(=O)(=O)c1ccc(F)cc1. The number of ketones is 1. The van der Waals surface area contributed by atoms with Gasteiger partial charge in [-0.25, -0.2) is 12.8 Å². The van der Waals surface area contributed by atoms with E-state index < -0.39 is 38.1 Å². The van der Waals surface area contributed by atoms with Crippen LogP contribution in [0, 0.1) is 17.7 Å². The number of nitrogens with one attached hydrogen (secondary N) is 1. The summed E-state index contributed by atoms with van der Waals surface area (Å²) in [4.78, 5) is 25.2. The van der Waals surface area contributed by atoms with Gasteiger partial charge in [-0.1, -0.05) is 20.3 Å². The summed E-state index contributed by atoms with van der Waals surface area (Å²) in [6.07, 6.45) is 1.15. The summed E-state index contributed by atoms with van der Waals surface area (Å²) in [5, 5.41) is 2.95. The van der Waals surface area contributed by atoms with Crippen LogP contribution in [0.25, 0.3) is 0 Å². The molecule has 1 aliphatic heterocycles. The van der Waals surface area contributed by atoms with Crippen LogP contribution in [0.2, 0.25) is 0 Å². The molecule has 0 aromatic heterocycles. The van der Waals surface area contributed by atoms with Crippen molar-refractivity contribution in [2.24, 2.45) is 17.6 Å². The minimum Gasteiger partial charge on any atom is -0.368 e. The Morgan fingerprint density at radius 2 is 2.00 bits per heavy atom. The van der Waals surface area contributed by atoms with Crippen molar-refractivity contribution in [2.45, 2.75) is 42.8 Å². The molecule has 26 heavy (non-hydrogen) atoms. The van der Waals surface area contributed by atoms with Gasteiger partial charge in [-0.05, 0) is 49.6 Å². The fourth-order valence-electron chi connectivity index (χ4n) is 3.84. The molecule has 8 heteroatoms. The summed E-state index contributed by atoms with van der Waals surface area (Å²) in [5.74, 6) is -3.68. The van der Waals surface area contributed by atoms with Crippen molar-refractivity contribution in [1.82, 2.24) is 5.32 Å². The van der Waals surface area contributed by atoms with Crippen molar-refractivity contribution < 1.29 is 22.4 Å². The molecule has 1 amide bonds. The van der Waals surface area contributed by atoms with E-state index in [4.69, 9.17) is 5.73 Å². The van der Waals surface area contributed by atoms with Crippen LogP contribution >= 0.6 is 0 Å². The van der Waals surface area contributed by atoms with E-state index in [0.717, 1.165) is 24.3 Å². The first-order chi connectivity index (χ1) is 12.2. The normalized spacial score (nSPS) is 22.3. The second-order valence-corrected chi connectivity index (χ2v) is 8.92.